The summed E-state index contributed by atoms with van der Waals surface area (Å²) in [6.45, 7) is 0. The number of rotatable bonds is 7. The molecule has 478 valence electrons. The van der Waals surface area contributed by atoms with Gasteiger partial charge in [0.15, 0.2) is 16.9 Å². The van der Waals surface area contributed by atoms with Gasteiger partial charge in [0.05, 0.1) is 35.3 Å². The molecule has 0 amide bonds. The standard InChI is InChI=1S/C36H23N3O.C24H17N.C12H7IN2O.C6H5I.C5H6N2O.CO2/c1-3-7-24(8-4-1)27-13-17-33-30(21-27)31-22-28(25-9-5-2-6-10-25)14-18-34(31)39(33)29-15-11-26(12-16-29)36-38-32-19-20-37-23-35(32)40-36;1-3-7-17(8-4-1)19-11-13-23-21(15-19)22-16-20(12-14-24(22)25-23)18-9-5-2-6-10-18;13-9-3-1-8(2-4-9)12-15-10-5-6-14-7-11(10)16-12;7-6-4-2-1-3-5-6;6-4-1-2-7-3-5(4)8;2-1-3/h1-23H;1-16,25H;1-7H;1-5H;1-3,8H,(H2,6,7);. The fraction of sp³-hybridized carbons (Fsp3) is 0. The third kappa shape index (κ3) is 15.6. The molecule has 0 radical (unpaired) electrons. The van der Waals surface area contributed by atoms with Gasteiger partial charge in [-0.3, -0.25) is 15.0 Å². The Morgan fingerprint density at radius 1 is 0.374 bits per heavy atom. The summed E-state index contributed by atoms with van der Waals surface area (Å²) in [6, 6.07) is 101. The van der Waals surface area contributed by atoms with Gasteiger partial charge in [-0.25, -0.2) is 9.97 Å². The number of nitrogens with one attached hydrogen (secondary N) is 1. The van der Waals surface area contributed by atoms with Crippen LogP contribution in [0.25, 0.3) is 139 Å². The Balaban J connectivity index is 0.000000126. The summed E-state index contributed by atoms with van der Waals surface area (Å²) in [6.07, 6.45) is 9.89. The summed E-state index contributed by atoms with van der Waals surface area (Å²) in [5.74, 6) is 1.27. The van der Waals surface area contributed by atoms with Crippen molar-refractivity contribution in [2.75, 3.05) is 5.73 Å². The molecular weight excluding hydrogens is 1450 g/mol. The van der Waals surface area contributed by atoms with Gasteiger partial charge in [-0.15, -0.1) is 0 Å². The zero-order valence-corrected chi connectivity index (χ0v) is 57.1. The molecule has 13 nitrogen and oxygen atoms in total. The van der Waals surface area contributed by atoms with Crippen LogP contribution in [0.2, 0.25) is 0 Å². The number of nitrogen functional groups attached to an aromatic ring is 1. The second kappa shape index (κ2) is 31.2. The number of carbonyl (C=O) groups excluding carboxylic acids is 2. The Bertz CT molecular complexity index is 5470. The average Bonchev–Trinajstić information content (AvgIpc) is 1.59. The lowest BCUT2D eigenvalue weighted by molar-refractivity contribution is -0.191. The van der Waals surface area contributed by atoms with Gasteiger partial charge in [0.2, 0.25) is 11.8 Å². The number of fused-ring (bicyclic) bond motifs is 8. The molecule has 18 aromatic rings. The second-order valence-corrected chi connectivity index (χ2v) is 25.0. The molecule has 11 aromatic carbocycles. The number of halogens is 2. The first-order chi connectivity index (χ1) is 48.6. The van der Waals surface area contributed by atoms with E-state index >= 15 is 0 Å². The molecule has 7 aromatic heterocycles. The first kappa shape index (κ1) is 65.5. The Morgan fingerprint density at radius 2 is 0.717 bits per heavy atom. The largest absolute Gasteiger partial charge is 0.504 e. The lowest BCUT2D eigenvalue weighted by atomic mass is 10.0. The van der Waals surface area contributed by atoms with E-state index in [0.717, 1.165) is 33.4 Å². The number of H-pyrrole nitrogens is 1. The molecule has 0 aliphatic rings. The van der Waals surface area contributed by atoms with Crippen LogP contribution in [0.5, 0.6) is 5.75 Å². The molecule has 0 fully saturated rings. The van der Waals surface area contributed by atoms with Gasteiger partial charge < -0.3 is 29.2 Å². The third-order valence-corrected chi connectivity index (χ3v) is 17.6. The van der Waals surface area contributed by atoms with E-state index in [9.17, 15) is 0 Å². The quantitative estimate of drug-likeness (QED) is 0.129. The molecule has 0 bridgehead atoms. The third-order valence-electron chi connectivity index (χ3n) is 16.2. The number of nitrogens with zero attached hydrogens (tertiary/aromatic N) is 6. The van der Waals surface area contributed by atoms with Crippen molar-refractivity contribution in [3.05, 3.63) is 336 Å². The van der Waals surface area contributed by atoms with Gasteiger partial charge in [-0.05, 0) is 217 Å². The maximum atomic E-state index is 8.73. The zero-order valence-electron chi connectivity index (χ0n) is 52.8. The van der Waals surface area contributed by atoms with Crippen molar-refractivity contribution >= 4 is 123 Å². The number of aromatic amines is 1. The van der Waals surface area contributed by atoms with Crippen LogP contribution in [0.3, 0.4) is 0 Å². The molecule has 0 aliphatic heterocycles. The van der Waals surface area contributed by atoms with E-state index in [4.69, 9.17) is 29.3 Å². The first-order valence-corrected chi connectivity index (χ1v) is 33.5. The van der Waals surface area contributed by atoms with Crippen LogP contribution in [0.1, 0.15) is 0 Å². The fourth-order valence-corrected chi connectivity index (χ4v) is 12.2. The molecule has 0 atom stereocenters. The minimum Gasteiger partial charge on any atom is -0.504 e. The lowest BCUT2D eigenvalue weighted by Crippen LogP contribution is -1.94. The molecule has 0 aliphatic carbocycles. The van der Waals surface area contributed by atoms with Crippen molar-refractivity contribution in [3.8, 4) is 78.9 Å². The molecule has 0 saturated heterocycles. The number of pyridine rings is 3. The van der Waals surface area contributed by atoms with Crippen molar-refractivity contribution in [1.82, 2.24) is 34.5 Å². The highest BCUT2D eigenvalue weighted by Crippen LogP contribution is 2.39. The highest BCUT2D eigenvalue weighted by Gasteiger charge is 2.17. The molecule has 0 saturated carbocycles. The van der Waals surface area contributed by atoms with Crippen molar-refractivity contribution in [3.63, 3.8) is 0 Å². The Labute approximate surface area is 596 Å². The fourth-order valence-electron chi connectivity index (χ4n) is 11.4. The van der Waals surface area contributed by atoms with Gasteiger partial charge in [0.25, 0.3) is 0 Å². The van der Waals surface area contributed by atoms with Gasteiger partial charge in [0.1, 0.15) is 11.0 Å². The van der Waals surface area contributed by atoms with Crippen molar-refractivity contribution in [2.24, 2.45) is 0 Å². The Hall–Kier alpha value is -12.2. The minimum absolute atomic E-state index is 0.0347. The van der Waals surface area contributed by atoms with E-state index in [1.165, 1.54) is 114 Å². The molecular formula is C84H58I2N8O5. The van der Waals surface area contributed by atoms with E-state index in [1.807, 2.05) is 54.6 Å². The molecule has 0 unspecified atom stereocenters. The average molecular weight is 1510 g/mol. The van der Waals surface area contributed by atoms with Crippen molar-refractivity contribution in [2.45, 2.75) is 0 Å². The monoisotopic (exact) mass is 1510 g/mol. The molecule has 18 rings (SSSR count). The topological polar surface area (TPSA) is 192 Å². The van der Waals surface area contributed by atoms with Crippen LogP contribution >= 0.6 is 45.2 Å². The number of aromatic nitrogens is 7. The number of anilines is 1. The summed E-state index contributed by atoms with van der Waals surface area (Å²) < 4.78 is 16.4. The van der Waals surface area contributed by atoms with E-state index in [-0.39, 0.29) is 11.9 Å². The van der Waals surface area contributed by atoms with E-state index in [0.29, 0.717) is 23.1 Å². The van der Waals surface area contributed by atoms with Gasteiger partial charge in [0, 0.05) is 75.1 Å². The van der Waals surface area contributed by atoms with Gasteiger partial charge in [-0.2, -0.15) is 9.59 Å². The SMILES string of the molecule is Ic1ccc(-c2nc3ccncc3o2)cc1.Ic1ccccc1.Nc1ccncc1O.O=C=O.c1ccc(-c2ccc3[nH]c4ccc(-c5ccccc5)cc4c3c2)cc1.c1ccc(-c2ccc3c(c2)c2cc(-c4ccccc4)ccc2n3-c2ccc(-c3nc4ccncc4o3)cc2)cc1. The van der Waals surface area contributed by atoms with E-state index in [2.05, 4.69) is 310 Å². The van der Waals surface area contributed by atoms with Gasteiger partial charge >= 0.3 is 6.15 Å². The number of oxazole rings is 2. The van der Waals surface area contributed by atoms with Crippen molar-refractivity contribution < 1.29 is 23.5 Å². The lowest BCUT2D eigenvalue weighted by Gasteiger charge is -2.09. The number of aromatic hydroxyl groups is 1. The predicted octanol–water partition coefficient (Wildman–Crippen LogP) is 21.5. The normalized spacial score (nSPS) is 10.6. The molecule has 4 N–H and O–H groups in total. The maximum Gasteiger partial charge on any atom is 0.373 e. The van der Waals surface area contributed by atoms with Crippen LogP contribution in [-0.4, -0.2) is 45.7 Å². The predicted molar refractivity (Wildman–Crippen MR) is 414 cm³/mol. The summed E-state index contributed by atoms with van der Waals surface area (Å²) in [7, 11) is 0. The molecule has 7 heterocycles. The number of hydrogen-bond donors (Lipinski definition) is 3. The first-order valence-electron chi connectivity index (χ1n) is 31.4. The smallest absolute Gasteiger partial charge is 0.373 e. The summed E-state index contributed by atoms with van der Waals surface area (Å²) in [4.78, 5) is 40.6. The van der Waals surface area contributed by atoms with Gasteiger partial charge in [-0.1, -0.05) is 164 Å². The number of hydrogen-bond acceptors (Lipinski definition) is 11. The number of benzene rings is 11. The van der Waals surface area contributed by atoms with E-state index < -0.39 is 0 Å². The minimum atomic E-state index is 0.0347. The number of nitrogens with two attached hydrogens (primary N) is 1. The highest BCUT2D eigenvalue weighted by atomic mass is 127. The Morgan fingerprint density at radius 3 is 1.08 bits per heavy atom. The van der Waals surface area contributed by atoms with Crippen LogP contribution in [0.15, 0.2) is 337 Å². The van der Waals surface area contributed by atoms with E-state index in [1.54, 1.807) is 24.8 Å². The molecule has 15 heteroatoms. The zero-order chi connectivity index (χ0) is 67.9. The summed E-state index contributed by atoms with van der Waals surface area (Å²) in [5, 5.41) is 13.7. The van der Waals surface area contributed by atoms with Crippen LogP contribution in [0, 0.1) is 7.14 Å². The summed E-state index contributed by atoms with van der Waals surface area (Å²) in [5.41, 5.74) is 26.2. The second-order valence-electron chi connectivity index (χ2n) is 22.5. The Kier molecular flexibility index (Phi) is 20.6. The summed E-state index contributed by atoms with van der Waals surface area (Å²) >= 11 is 4.55. The van der Waals surface area contributed by atoms with Crippen LogP contribution in [0.4, 0.5) is 5.69 Å². The highest BCUT2D eigenvalue weighted by molar-refractivity contribution is 14.1. The molecule has 99 heavy (non-hydrogen) atoms. The van der Waals surface area contributed by atoms with Crippen LogP contribution in [-0.2, 0) is 9.59 Å². The van der Waals surface area contributed by atoms with Crippen LogP contribution < -0.4 is 5.73 Å². The maximum absolute atomic E-state index is 8.73. The molecule has 0 spiro atoms. The van der Waals surface area contributed by atoms with Crippen molar-refractivity contribution in [1.29, 1.82) is 0 Å².